The fourth-order valence-electron chi connectivity index (χ4n) is 2.57. The fraction of sp³-hybridized carbons (Fsp3) is 0.800. The molecule has 3 heteroatoms. The molecule has 0 saturated heterocycles. The first-order chi connectivity index (χ1) is 8.78. The van der Waals surface area contributed by atoms with Gasteiger partial charge in [-0.05, 0) is 37.5 Å². The third-order valence-corrected chi connectivity index (χ3v) is 4.97. The summed E-state index contributed by atoms with van der Waals surface area (Å²) in [5.41, 5.74) is 2.41. The molecule has 0 aromatic carbocycles. The molecule has 1 atom stereocenters. The van der Waals surface area contributed by atoms with Crippen molar-refractivity contribution in [2.45, 2.75) is 64.8 Å². The van der Waals surface area contributed by atoms with Gasteiger partial charge in [0.05, 0.1) is 5.51 Å². The molecule has 1 heterocycles. The van der Waals surface area contributed by atoms with Crippen LogP contribution in [0.5, 0.6) is 0 Å². The van der Waals surface area contributed by atoms with Gasteiger partial charge in [-0.25, -0.2) is 0 Å². The average molecular weight is 266 g/mol. The van der Waals surface area contributed by atoms with E-state index in [0.717, 1.165) is 6.04 Å². The Morgan fingerprint density at radius 1 is 1.44 bits per heavy atom. The third kappa shape index (κ3) is 4.06. The summed E-state index contributed by atoms with van der Waals surface area (Å²) in [4.78, 5) is 5.68. The molecule has 2 nitrogen and oxygen atoms in total. The van der Waals surface area contributed by atoms with Gasteiger partial charge in [0.2, 0.25) is 0 Å². The van der Waals surface area contributed by atoms with Crippen molar-refractivity contribution in [3.8, 4) is 0 Å². The Labute approximate surface area is 115 Å². The first-order valence-electron chi connectivity index (χ1n) is 7.39. The SMILES string of the molecule is CCCCC(CC)(CNC1CC1)Cc1cncs1. The van der Waals surface area contributed by atoms with E-state index in [0.29, 0.717) is 5.41 Å². The maximum Gasteiger partial charge on any atom is 0.0794 e. The largest absolute Gasteiger partial charge is 0.313 e. The molecular weight excluding hydrogens is 240 g/mol. The van der Waals surface area contributed by atoms with Crippen molar-refractivity contribution in [3.05, 3.63) is 16.6 Å². The van der Waals surface area contributed by atoms with Gasteiger partial charge >= 0.3 is 0 Å². The zero-order chi connectivity index (χ0) is 12.8. The van der Waals surface area contributed by atoms with Gasteiger partial charge in [0, 0.05) is 23.7 Å². The van der Waals surface area contributed by atoms with E-state index in [2.05, 4.69) is 30.3 Å². The second-order valence-corrected chi connectivity index (χ2v) is 6.73. The van der Waals surface area contributed by atoms with Crippen molar-refractivity contribution in [1.29, 1.82) is 0 Å². The van der Waals surface area contributed by atoms with Crippen molar-refractivity contribution >= 4 is 11.3 Å². The monoisotopic (exact) mass is 266 g/mol. The normalized spacial score (nSPS) is 18.8. The van der Waals surface area contributed by atoms with Crippen LogP contribution in [0.4, 0.5) is 0 Å². The molecule has 0 aliphatic heterocycles. The summed E-state index contributed by atoms with van der Waals surface area (Å²) in [6.07, 6.45) is 11.3. The molecule has 2 rings (SSSR count). The Hall–Kier alpha value is -0.410. The van der Waals surface area contributed by atoms with E-state index in [4.69, 9.17) is 0 Å². The second-order valence-electron chi connectivity index (χ2n) is 5.76. The number of hydrogen-bond acceptors (Lipinski definition) is 3. The lowest BCUT2D eigenvalue weighted by Gasteiger charge is -2.33. The van der Waals surface area contributed by atoms with Crippen LogP contribution in [0.3, 0.4) is 0 Å². The lowest BCUT2D eigenvalue weighted by atomic mass is 9.77. The number of nitrogens with one attached hydrogen (secondary N) is 1. The van der Waals surface area contributed by atoms with Crippen LogP contribution in [0.15, 0.2) is 11.7 Å². The average Bonchev–Trinajstić information content (AvgIpc) is 3.10. The Morgan fingerprint density at radius 2 is 2.28 bits per heavy atom. The Morgan fingerprint density at radius 3 is 2.83 bits per heavy atom. The first kappa shape index (κ1) is 14.0. The van der Waals surface area contributed by atoms with Crippen LogP contribution >= 0.6 is 11.3 Å². The van der Waals surface area contributed by atoms with Crippen LogP contribution in [0.2, 0.25) is 0 Å². The molecule has 0 radical (unpaired) electrons. The minimum Gasteiger partial charge on any atom is -0.313 e. The Bertz CT molecular complexity index is 332. The molecular formula is C15H26N2S. The summed E-state index contributed by atoms with van der Waals surface area (Å²) >= 11 is 1.81. The molecule has 1 aromatic heterocycles. The van der Waals surface area contributed by atoms with Crippen molar-refractivity contribution in [2.75, 3.05) is 6.54 Å². The highest BCUT2D eigenvalue weighted by Crippen LogP contribution is 2.34. The molecule has 0 spiro atoms. The standard InChI is InChI=1S/C15H26N2S/c1-3-5-8-15(4-2,11-17-13-6-7-13)9-14-10-16-12-18-14/h10,12-13,17H,3-9,11H2,1-2H3. The summed E-state index contributed by atoms with van der Waals surface area (Å²) in [7, 11) is 0. The Balaban J connectivity index is 1.97. The minimum atomic E-state index is 0.450. The summed E-state index contributed by atoms with van der Waals surface area (Å²) in [6.45, 7) is 5.83. The molecule has 1 fully saturated rings. The van der Waals surface area contributed by atoms with Crippen molar-refractivity contribution in [2.24, 2.45) is 5.41 Å². The number of unbranched alkanes of at least 4 members (excludes halogenated alkanes) is 1. The zero-order valence-electron chi connectivity index (χ0n) is 11.7. The van der Waals surface area contributed by atoms with E-state index in [1.165, 1.54) is 56.4 Å². The lowest BCUT2D eigenvalue weighted by molar-refractivity contribution is 0.229. The predicted molar refractivity (Wildman–Crippen MR) is 79.1 cm³/mol. The number of hydrogen-bond donors (Lipinski definition) is 1. The van der Waals surface area contributed by atoms with Gasteiger partial charge in [0.15, 0.2) is 0 Å². The van der Waals surface area contributed by atoms with E-state index in [9.17, 15) is 0 Å². The van der Waals surface area contributed by atoms with Gasteiger partial charge in [-0.2, -0.15) is 0 Å². The van der Waals surface area contributed by atoms with E-state index in [1.807, 2.05) is 16.8 Å². The molecule has 1 aliphatic rings. The van der Waals surface area contributed by atoms with Gasteiger partial charge in [-0.1, -0.05) is 26.7 Å². The summed E-state index contributed by atoms with van der Waals surface area (Å²) in [6, 6.07) is 0.819. The maximum atomic E-state index is 4.23. The van der Waals surface area contributed by atoms with Crippen LogP contribution in [-0.4, -0.2) is 17.6 Å². The second kappa shape index (κ2) is 6.67. The fourth-order valence-corrected chi connectivity index (χ4v) is 3.33. The lowest BCUT2D eigenvalue weighted by Crippen LogP contribution is -2.36. The first-order valence-corrected chi connectivity index (χ1v) is 8.27. The number of aromatic nitrogens is 1. The topological polar surface area (TPSA) is 24.9 Å². The van der Waals surface area contributed by atoms with Crippen LogP contribution in [0.25, 0.3) is 0 Å². The summed E-state index contributed by atoms with van der Waals surface area (Å²) < 4.78 is 0. The highest BCUT2D eigenvalue weighted by Gasteiger charge is 2.31. The predicted octanol–water partition coefficient (Wildman–Crippen LogP) is 4.02. The molecule has 1 unspecified atom stereocenters. The molecule has 1 saturated carbocycles. The molecule has 0 amide bonds. The van der Waals surface area contributed by atoms with Gasteiger partial charge in [0.25, 0.3) is 0 Å². The minimum absolute atomic E-state index is 0.450. The highest BCUT2D eigenvalue weighted by molar-refractivity contribution is 7.09. The van der Waals surface area contributed by atoms with Crippen LogP contribution in [0, 0.1) is 5.41 Å². The molecule has 102 valence electrons. The smallest absolute Gasteiger partial charge is 0.0794 e. The molecule has 0 bridgehead atoms. The number of rotatable bonds is 9. The molecule has 1 aromatic rings. The van der Waals surface area contributed by atoms with E-state index in [1.54, 1.807) is 0 Å². The van der Waals surface area contributed by atoms with Crippen LogP contribution in [-0.2, 0) is 6.42 Å². The zero-order valence-corrected chi connectivity index (χ0v) is 12.6. The third-order valence-electron chi connectivity index (χ3n) is 4.19. The van der Waals surface area contributed by atoms with Crippen molar-refractivity contribution in [1.82, 2.24) is 10.3 Å². The van der Waals surface area contributed by atoms with Gasteiger partial charge in [0.1, 0.15) is 0 Å². The van der Waals surface area contributed by atoms with Gasteiger partial charge < -0.3 is 5.32 Å². The quantitative estimate of drug-likeness (QED) is 0.730. The van der Waals surface area contributed by atoms with E-state index >= 15 is 0 Å². The number of nitrogens with zero attached hydrogens (tertiary/aromatic N) is 1. The van der Waals surface area contributed by atoms with Gasteiger partial charge in [-0.15, -0.1) is 11.3 Å². The van der Waals surface area contributed by atoms with Crippen molar-refractivity contribution < 1.29 is 0 Å². The number of thiazole rings is 1. The highest BCUT2D eigenvalue weighted by atomic mass is 32.1. The molecule has 1 N–H and O–H groups in total. The maximum absolute atomic E-state index is 4.23. The Kier molecular flexibility index (Phi) is 5.19. The van der Waals surface area contributed by atoms with E-state index < -0.39 is 0 Å². The van der Waals surface area contributed by atoms with Crippen LogP contribution in [0.1, 0.15) is 57.2 Å². The molecule has 18 heavy (non-hydrogen) atoms. The van der Waals surface area contributed by atoms with Crippen molar-refractivity contribution in [3.63, 3.8) is 0 Å². The van der Waals surface area contributed by atoms with Gasteiger partial charge in [-0.3, -0.25) is 4.98 Å². The summed E-state index contributed by atoms with van der Waals surface area (Å²) in [5.74, 6) is 0. The van der Waals surface area contributed by atoms with Crippen LogP contribution < -0.4 is 5.32 Å². The summed E-state index contributed by atoms with van der Waals surface area (Å²) in [5, 5.41) is 3.75. The molecule has 1 aliphatic carbocycles. The van der Waals surface area contributed by atoms with E-state index in [-0.39, 0.29) is 0 Å².